The molecular weight excluding hydrogens is 496 g/mol. The Labute approximate surface area is 215 Å². The summed E-state index contributed by atoms with van der Waals surface area (Å²) < 4.78 is 59.7. The lowest BCUT2D eigenvalue weighted by atomic mass is 10.1. The Bertz CT molecular complexity index is 1270. The highest BCUT2D eigenvalue weighted by atomic mass is 32.2. The lowest BCUT2D eigenvalue weighted by Gasteiger charge is -2.36. The van der Waals surface area contributed by atoms with Gasteiger partial charge in [0.05, 0.1) is 22.5 Å². The van der Waals surface area contributed by atoms with Crippen LogP contribution in [0.4, 0.5) is 0 Å². The molecule has 2 saturated heterocycles. The number of rotatable bonds is 7. The summed E-state index contributed by atoms with van der Waals surface area (Å²) in [5.41, 5.74) is 0.965. The van der Waals surface area contributed by atoms with Crippen molar-refractivity contribution in [3.63, 3.8) is 0 Å². The van der Waals surface area contributed by atoms with Gasteiger partial charge in [-0.2, -0.15) is 12.7 Å². The molecule has 8 nitrogen and oxygen atoms in total. The van der Waals surface area contributed by atoms with E-state index in [-0.39, 0.29) is 22.3 Å². The summed E-state index contributed by atoms with van der Waals surface area (Å²) in [6.07, 6.45) is 2.73. The number of nitrogens with zero attached hydrogens (tertiary/aromatic N) is 4. The zero-order valence-electron chi connectivity index (χ0n) is 21.2. The van der Waals surface area contributed by atoms with E-state index in [9.17, 15) is 16.8 Å². The number of sulfonamides is 2. The van der Waals surface area contributed by atoms with E-state index in [2.05, 4.69) is 9.30 Å². The Morgan fingerprint density at radius 2 is 1.50 bits per heavy atom. The molecule has 1 atom stereocenters. The topological polar surface area (TPSA) is 90.4 Å². The third kappa shape index (κ3) is 5.82. The molecule has 2 aliphatic rings. The molecule has 2 aromatic carbocycles. The SMILES string of the molecule is Cc1ccc(S(=O)(=O)N=C(CN2CCCCC2)N2CCN(S(=O)(=O)c3ccccc3)[C@H]2C(C)C)cc1. The number of amidine groups is 1. The zero-order chi connectivity index (χ0) is 25.9. The maximum absolute atomic E-state index is 13.6. The highest BCUT2D eigenvalue weighted by Crippen LogP contribution is 2.30. The van der Waals surface area contributed by atoms with Crippen LogP contribution in [0.2, 0.25) is 0 Å². The largest absolute Gasteiger partial charge is 0.340 e. The smallest absolute Gasteiger partial charge is 0.283 e. The van der Waals surface area contributed by atoms with Crippen LogP contribution in [0.5, 0.6) is 0 Å². The van der Waals surface area contributed by atoms with Crippen LogP contribution in [-0.4, -0.2) is 75.7 Å². The van der Waals surface area contributed by atoms with Crippen LogP contribution in [0, 0.1) is 12.8 Å². The first-order valence-corrected chi connectivity index (χ1v) is 15.4. The molecule has 0 aromatic heterocycles. The normalized spacial score (nSPS) is 20.8. The summed E-state index contributed by atoms with van der Waals surface area (Å²) in [6.45, 7) is 8.58. The van der Waals surface area contributed by atoms with Crippen molar-refractivity contribution < 1.29 is 16.8 Å². The van der Waals surface area contributed by atoms with E-state index < -0.39 is 26.2 Å². The Morgan fingerprint density at radius 3 is 2.11 bits per heavy atom. The predicted molar refractivity (Wildman–Crippen MR) is 142 cm³/mol. The molecule has 0 amide bonds. The molecule has 0 N–H and O–H groups in total. The third-order valence-electron chi connectivity index (χ3n) is 6.81. The van der Waals surface area contributed by atoms with Crippen molar-refractivity contribution in [1.29, 1.82) is 0 Å². The summed E-state index contributed by atoms with van der Waals surface area (Å²) in [7, 11) is -7.73. The van der Waals surface area contributed by atoms with Crippen LogP contribution in [0.25, 0.3) is 0 Å². The summed E-state index contributed by atoms with van der Waals surface area (Å²) in [6, 6.07) is 15.1. The highest BCUT2D eigenvalue weighted by Gasteiger charge is 2.43. The van der Waals surface area contributed by atoms with Gasteiger partial charge >= 0.3 is 0 Å². The van der Waals surface area contributed by atoms with E-state index in [1.54, 1.807) is 54.6 Å². The van der Waals surface area contributed by atoms with Crippen LogP contribution in [0.15, 0.2) is 68.8 Å². The van der Waals surface area contributed by atoms with Gasteiger partial charge in [0.25, 0.3) is 10.0 Å². The van der Waals surface area contributed by atoms with Crippen molar-refractivity contribution in [2.45, 2.75) is 56.0 Å². The summed E-state index contributed by atoms with van der Waals surface area (Å²) in [4.78, 5) is 4.49. The maximum Gasteiger partial charge on any atom is 0.283 e. The molecule has 2 heterocycles. The fourth-order valence-corrected chi connectivity index (χ4v) is 7.74. The van der Waals surface area contributed by atoms with Crippen LogP contribution in [0.1, 0.15) is 38.7 Å². The molecule has 0 saturated carbocycles. The minimum atomic E-state index is -3.97. The fraction of sp³-hybridized carbons (Fsp3) is 0.500. The first kappa shape index (κ1) is 26.8. The van der Waals surface area contributed by atoms with E-state index in [0.717, 1.165) is 37.9 Å². The average Bonchev–Trinajstić information content (AvgIpc) is 3.32. The zero-order valence-corrected chi connectivity index (χ0v) is 22.9. The van der Waals surface area contributed by atoms with Crippen LogP contribution in [0.3, 0.4) is 0 Å². The summed E-state index contributed by atoms with van der Waals surface area (Å²) >= 11 is 0. The van der Waals surface area contributed by atoms with Gasteiger partial charge in [-0.3, -0.25) is 4.90 Å². The van der Waals surface area contributed by atoms with Crippen molar-refractivity contribution >= 4 is 25.9 Å². The number of hydrogen-bond donors (Lipinski definition) is 0. The summed E-state index contributed by atoms with van der Waals surface area (Å²) in [5.74, 6) is 0.321. The van der Waals surface area contributed by atoms with Crippen LogP contribution < -0.4 is 0 Å². The van der Waals surface area contributed by atoms with Gasteiger partial charge in [-0.15, -0.1) is 4.40 Å². The van der Waals surface area contributed by atoms with Gasteiger partial charge in [-0.05, 0) is 63.0 Å². The number of likely N-dealkylation sites (tertiary alicyclic amines) is 1. The second-order valence-electron chi connectivity index (χ2n) is 9.91. The number of aryl methyl sites for hydroxylation is 1. The first-order valence-electron chi connectivity index (χ1n) is 12.6. The lowest BCUT2D eigenvalue weighted by molar-refractivity contribution is 0.197. The Morgan fingerprint density at radius 1 is 0.861 bits per heavy atom. The van der Waals surface area contributed by atoms with E-state index in [4.69, 9.17) is 0 Å². The van der Waals surface area contributed by atoms with Gasteiger partial charge in [-0.1, -0.05) is 56.2 Å². The average molecular weight is 533 g/mol. The second-order valence-corrected chi connectivity index (χ2v) is 13.4. The molecule has 0 radical (unpaired) electrons. The Kier molecular flexibility index (Phi) is 8.18. The quantitative estimate of drug-likeness (QED) is 0.400. The fourth-order valence-electron chi connectivity index (χ4n) is 4.98. The van der Waals surface area contributed by atoms with Crippen molar-refractivity contribution in [3.05, 3.63) is 60.2 Å². The van der Waals surface area contributed by atoms with Gasteiger partial charge in [0, 0.05) is 13.1 Å². The van der Waals surface area contributed by atoms with Gasteiger partial charge in [0.1, 0.15) is 5.84 Å². The molecule has 196 valence electrons. The van der Waals surface area contributed by atoms with E-state index in [0.29, 0.717) is 18.9 Å². The van der Waals surface area contributed by atoms with Crippen molar-refractivity contribution in [1.82, 2.24) is 14.1 Å². The molecule has 0 bridgehead atoms. The predicted octanol–water partition coefficient (Wildman–Crippen LogP) is 3.56. The third-order valence-corrected chi connectivity index (χ3v) is 10.0. The summed E-state index contributed by atoms with van der Waals surface area (Å²) in [5, 5.41) is 0. The molecule has 2 aromatic rings. The molecule has 0 spiro atoms. The Balaban J connectivity index is 1.73. The minimum absolute atomic E-state index is 0.0837. The molecule has 2 aliphatic heterocycles. The molecule has 2 fully saturated rings. The highest BCUT2D eigenvalue weighted by molar-refractivity contribution is 7.90. The standard InChI is InChI=1S/C26H36N4O4S2/c1-21(2)26-29(18-19-30(26)36(33,34)24-10-6-4-7-11-24)25(20-28-16-8-5-9-17-28)27-35(31,32)23-14-12-22(3)13-15-23/h4,6-7,10-15,21,26H,5,8-9,16-20H2,1-3H3/t26-/m0/s1. The van der Waals surface area contributed by atoms with Crippen molar-refractivity contribution in [2.24, 2.45) is 10.3 Å². The molecular formula is C26H36N4O4S2. The lowest BCUT2D eigenvalue weighted by Crippen LogP contribution is -2.50. The van der Waals surface area contributed by atoms with Crippen molar-refractivity contribution in [2.75, 3.05) is 32.7 Å². The van der Waals surface area contributed by atoms with E-state index in [1.165, 1.54) is 4.31 Å². The van der Waals surface area contributed by atoms with Gasteiger partial charge in [0.2, 0.25) is 10.0 Å². The molecule has 0 unspecified atom stereocenters. The maximum atomic E-state index is 13.6. The van der Waals surface area contributed by atoms with Crippen LogP contribution >= 0.6 is 0 Å². The molecule has 4 rings (SSSR count). The minimum Gasteiger partial charge on any atom is -0.340 e. The van der Waals surface area contributed by atoms with E-state index >= 15 is 0 Å². The molecule has 0 aliphatic carbocycles. The second kappa shape index (κ2) is 11.0. The number of hydrogen-bond acceptors (Lipinski definition) is 5. The number of piperidine rings is 1. The molecule has 36 heavy (non-hydrogen) atoms. The van der Waals surface area contributed by atoms with Gasteiger partial charge in [-0.25, -0.2) is 8.42 Å². The first-order chi connectivity index (χ1) is 17.1. The van der Waals surface area contributed by atoms with Crippen molar-refractivity contribution in [3.8, 4) is 0 Å². The molecule has 10 heteroatoms. The monoisotopic (exact) mass is 532 g/mol. The van der Waals surface area contributed by atoms with E-state index in [1.807, 2.05) is 25.7 Å². The van der Waals surface area contributed by atoms with Crippen LogP contribution in [-0.2, 0) is 20.0 Å². The Hall–Kier alpha value is -2.27. The van der Waals surface area contributed by atoms with Gasteiger partial charge < -0.3 is 4.90 Å². The van der Waals surface area contributed by atoms with Gasteiger partial charge in [0.15, 0.2) is 0 Å². The number of benzene rings is 2.